The molecule has 0 aliphatic heterocycles. The van der Waals surface area contributed by atoms with E-state index in [1.54, 1.807) is 0 Å². The smallest absolute Gasteiger partial charge is 0.224 e. The molecule has 4 bridgehead atoms. The molecule has 2 unspecified atom stereocenters. The summed E-state index contributed by atoms with van der Waals surface area (Å²) in [6.45, 7) is 2.06. The number of carbonyl (C=O) groups is 1. The fourth-order valence-electron chi connectivity index (χ4n) is 5.81. The predicted molar refractivity (Wildman–Crippen MR) is 93.2 cm³/mol. The Labute approximate surface area is 141 Å². The molecule has 1 N–H and O–H groups in total. The Kier molecular flexibility index (Phi) is 3.41. The molecule has 0 saturated heterocycles. The maximum atomic E-state index is 12.6. The second-order valence-electron chi connectivity index (χ2n) is 8.21. The van der Waals surface area contributed by atoms with E-state index in [2.05, 4.69) is 34.2 Å². The van der Waals surface area contributed by atoms with Crippen LogP contribution in [-0.4, -0.2) is 10.2 Å². The van der Waals surface area contributed by atoms with Gasteiger partial charge < -0.3 is 5.32 Å². The highest BCUT2D eigenvalue weighted by molar-refractivity contribution is 9.10. The van der Waals surface area contributed by atoms with Crippen LogP contribution >= 0.6 is 15.9 Å². The molecule has 0 radical (unpaired) electrons. The van der Waals surface area contributed by atoms with Crippen LogP contribution in [-0.2, 0) is 4.79 Å². The molecule has 1 aromatic carbocycles. The Balaban J connectivity index is 1.47. The van der Waals surface area contributed by atoms with E-state index in [-0.39, 0.29) is 11.3 Å². The summed E-state index contributed by atoms with van der Waals surface area (Å²) >= 11 is 4.03. The van der Waals surface area contributed by atoms with Gasteiger partial charge >= 0.3 is 0 Å². The summed E-state index contributed by atoms with van der Waals surface area (Å²) in [5.74, 6) is 1.88. The summed E-state index contributed by atoms with van der Waals surface area (Å²) < 4.78 is 0.334. The maximum absolute atomic E-state index is 12.6. The van der Waals surface area contributed by atoms with Gasteiger partial charge in [-0.1, -0.05) is 28.1 Å². The standard InChI is InChI=1S/C19H24BrNO/c1-13-3-2-4-16(5-13)21-17(22)11-18-7-14-6-15(8-18)10-19(20,9-14)12-18/h2-5,14-15H,6-12H2,1H3,(H,21,22). The SMILES string of the molecule is Cc1cccc(NC(=O)CC23CC4CC(CC(Br)(C4)C2)C3)c1. The van der Waals surface area contributed by atoms with Crippen molar-refractivity contribution in [3.63, 3.8) is 0 Å². The first-order chi connectivity index (χ1) is 10.4. The lowest BCUT2D eigenvalue weighted by Gasteiger charge is -2.60. The minimum absolute atomic E-state index is 0.198. The van der Waals surface area contributed by atoms with Crippen LogP contribution in [0.4, 0.5) is 5.69 Å². The first-order valence-electron chi connectivity index (χ1n) is 8.49. The Morgan fingerprint density at radius 2 is 2.00 bits per heavy atom. The Morgan fingerprint density at radius 1 is 1.27 bits per heavy atom. The van der Waals surface area contributed by atoms with Crippen molar-refractivity contribution in [2.24, 2.45) is 17.3 Å². The zero-order chi connectivity index (χ0) is 15.4. The molecule has 4 aliphatic carbocycles. The number of halogens is 1. The third-order valence-corrected chi connectivity index (χ3v) is 6.88. The van der Waals surface area contributed by atoms with Crippen LogP contribution < -0.4 is 5.32 Å². The molecule has 4 fully saturated rings. The summed E-state index contributed by atoms with van der Waals surface area (Å²) in [7, 11) is 0. The summed E-state index contributed by atoms with van der Waals surface area (Å²) in [5, 5.41) is 3.12. The number of rotatable bonds is 3. The van der Waals surface area contributed by atoms with Crippen molar-refractivity contribution < 1.29 is 4.79 Å². The minimum Gasteiger partial charge on any atom is -0.326 e. The fraction of sp³-hybridized carbons (Fsp3) is 0.632. The van der Waals surface area contributed by atoms with Crippen LogP contribution in [0.3, 0.4) is 0 Å². The number of hydrogen-bond acceptors (Lipinski definition) is 1. The predicted octanol–water partition coefficient (Wildman–Crippen LogP) is 5.06. The highest BCUT2D eigenvalue weighted by Gasteiger charge is 2.57. The summed E-state index contributed by atoms with van der Waals surface area (Å²) in [6.07, 6.45) is 8.45. The van der Waals surface area contributed by atoms with E-state index in [0.29, 0.717) is 10.7 Å². The van der Waals surface area contributed by atoms with Gasteiger partial charge in [-0.3, -0.25) is 4.79 Å². The molecular formula is C19H24BrNO. The average Bonchev–Trinajstić information content (AvgIpc) is 2.34. The minimum atomic E-state index is 0.198. The Morgan fingerprint density at radius 3 is 2.64 bits per heavy atom. The molecule has 22 heavy (non-hydrogen) atoms. The molecule has 1 aromatic rings. The van der Waals surface area contributed by atoms with E-state index >= 15 is 0 Å². The molecule has 0 aromatic heterocycles. The van der Waals surface area contributed by atoms with Crippen molar-refractivity contribution in [3.8, 4) is 0 Å². The number of aryl methyl sites for hydroxylation is 1. The van der Waals surface area contributed by atoms with Crippen LogP contribution in [0.2, 0.25) is 0 Å². The Bertz CT molecular complexity index is 597. The number of amides is 1. The first kappa shape index (κ1) is 14.7. The quantitative estimate of drug-likeness (QED) is 0.749. The van der Waals surface area contributed by atoms with Crippen molar-refractivity contribution in [2.45, 2.75) is 56.2 Å². The average molecular weight is 362 g/mol. The van der Waals surface area contributed by atoms with Gasteiger partial charge in [0.25, 0.3) is 0 Å². The van der Waals surface area contributed by atoms with Gasteiger partial charge in [0.05, 0.1) is 0 Å². The van der Waals surface area contributed by atoms with Gasteiger partial charge in [-0.2, -0.15) is 0 Å². The molecule has 0 heterocycles. The third kappa shape index (κ3) is 2.73. The molecular weight excluding hydrogens is 338 g/mol. The van der Waals surface area contributed by atoms with Gasteiger partial charge in [0.1, 0.15) is 0 Å². The van der Waals surface area contributed by atoms with Crippen LogP contribution in [0.1, 0.15) is 50.5 Å². The molecule has 4 aliphatic rings. The summed E-state index contributed by atoms with van der Waals surface area (Å²) in [6, 6.07) is 8.09. The first-order valence-corrected chi connectivity index (χ1v) is 9.29. The van der Waals surface area contributed by atoms with Crippen LogP contribution in [0.25, 0.3) is 0 Å². The van der Waals surface area contributed by atoms with Gasteiger partial charge in [0, 0.05) is 16.4 Å². The van der Waals surface area contributed by atoms with Gasteiger partial charge in [-0.15, -0.1) is 0 Å². The molecule has 4 saturated carbocycles. The Hall–Kier alpha value is -0.830. The normalized spacial score (nSPS) is 39.0. The fourth-order valence-corrected chi connectivity index (χ4v) is 7.32. The van der Waals surface area contributed by atoms with E-state index in [1.165, 1.54) is 44.1 Å². The number of hydrogen-bond donors (Lipinski definition) is 1. The van der Waals surface area contributed by atoms with E-state index < -0.39 is 0 Å². The third-order valence-electron chi connectivity index (χ3n) is 5.95. The highest BCUT2D eigenvalue weighted by Crippen LogP contribution is 2.65. The van der Waals surface area contributed by atoms with Gasteiger partial charge in [-0.05, 0) is 80.4 Å². The van der Waals surface area contributed by atoms with Crippen molar-refractivity contribution in [3.05, 3.63) is 29.8 Å². The number of alkyl halides is 1. The largest absolute Gasteiger partial charge is 0.326 e. The number of nitrogens with one attached hydrogen (secondary N) is 1. The topological polar surface area (TPSA) is 29.1 Å². The van der Waals surface area contributed by atoms with Gasteiger partial charge in [-0.25, -0.2) is 0 Å². The monoisotopic (exact) mass is 361 g/mol. The molecule has 2 atom stereocenters. The molecule has 3 heteroatoms. The van der Waals surface area contributed by atoms with E-state index in [0.717, 1.165) is 17.5 Å². The lowest BCUT2D eigenvalue weighted by atomic mass is 9.48. The van der Waals surface area contributed by atoms with E-state index in [9.17, 15) is 4.79 Å². The summed E-state index contributed by atoms with van der Waals surface area (Å²) in [4.78, 5) is 12.6. The van der Waals surface area contributed by atoms with Crippen LogP contribution in [0, 0.1) is 24.2 Å². The maximum Gasteiger partial charge on any atom is 0.224 e. The molecule has 0 spiro atoms. The second kappa shape index (κ2) is 5.09. The zero-order valence-corrected chi connectivity index (χ0v) is 14.8. The van der Waals surface area contributed by atoms with Crippen molar-refractivity contribution >= 4 is 27.5 Å². The van der Waals surface area contributed by atoms with Crippen LogP contribution in [0.5, 0.6) is 0 Å². The highest BCUT2D eigenvalue weighted by atomic mass is 79.9. The summed E-state index contributed by atoms with van der Waals surface area (Å²) in [5.41, 5.74) is 2.37. The molecule has 1 amide bonds. The zero-order valence-electron chi connectivity index (χ0n) is 13.2. The number of carbonyl (C=O) groups excluding carboxylic acids is 1. The van der Waals surface area contributed by atoms with E-state index in [1.807, 2.05) is 18.2 Å². The van der Waals surface area contributed by atoms with E-state index in [4.69, 9.17) is 0 Å². The lowest BCUT2D eigenvalue weighted by molar-refractivity contribution is -0.123. The second-order valence-corrected chi connectivity index (χ2v) is 9.89. The molecule has 5 rings (SSSR count). The van der Waals surface area contributed by atoms with Gasteiger partial charge in [0.15, 0.2) is 0 Å². The van der Waals surface area contributed by atoms with Crippen molar-refractivity contribution in [1.29, 1.82) is 0 Å². The molecule has 118 valence electrons. The molecule has 2 nitrogen and oxygen atoms in total. The van der Waals surface area contributed by atoms with Gasteiger partial charge in [0.2, 0.25) is 5.91 Å². The van der Waals surface area contributed by atoms with Crippen molar-refractivity contribution in [2.75, 3.05) is 5.32 Å². The number of anilines is 1. The number of benzene rings is 1. The van der Waals surface area contributed by atoms with Crippen molar-refractivity contribution in [1.82, 2.24) is 0 Å². The van der Waals surface area contributed by atoms with Crippen LogP contribution in [0.15, 0.2) is 24.3 Å². The lowest BCUT2D eigenvalue weighted by Crippen LogP contribution is -2.53.